The lowest BCUT2D eigenvalue weighted by molar-refractivity contribution is 0.438. The van der Waals surface area contributed by atoms with E-state index in [1.807, 2.05) is 5.38 Å². The maximum absolute atomic E-state index is 9.69. The topological polar surface area (TPSA) is 65.4 Å². The molecular formula is C13H16N2O2S. The van der Waals surface area contributed by atoms with Crippen molar-refractivity contribution in [3.63, 3.8) is 0 Å². The molecule has 2 aromatic rings. The molecule has 1 aromatic carbocycles. The lowest BCUT2D eigenvalue weighted by atomic mass is 10.1. The van der Waals surface area contributed by atoms with Gasteiger partial charge in [-0.2, -0.15) is 0 Å². The summed E-state index contributed by atoms with van der Waals surface area (Å²) < 4.78 is 0. The van der Waals surface area contributed by atoms with E-state index in [4.69, 9.17) is 0 Å². The molecule has 0 fully saturated rings. The summed E-state index contributed by atoms with van der Waals surface area (Å²) in [5, 5.41) is 25.3. The smallest absolute Gasteiger partial charge is 0.123 e. The Kier molecular flexibility index (Phi) is 4.17. The first-order valence-corrected chi connectivity index (χ1v) is 6.72. The molecule has 1 atom stereocenters. The minimum Gasteiger partial charge on any atom is -0.508 e. The number of nitrogens with zero attached hydrogens (tertiary/aromatic N) is 1. The summed E-state index contributed by atoms with van der Waals surface area (Å²) >= 11 is 1.62. The van der Waals surface area contributed by atoms with Crippen molar-refractivity contribution in [2.45, 2.75) is 25.9 Å². The van der Waals surface area contributed by atoms with Crippen LogP contribution in [0, 0.1) is 0 Å². The first-order chi connectivity index (χ1) is 8.70. The number of phenolic OH excluding ortho intramolecular Hbond substituents is 2. The van der Waals surface area contributed by atoms with E-state index in [1.54, 1.807) is 29.7 Å². The predicted octanol–water partition coefficient (Wildman–Crippen LogP) is 2.80. The van der Waals surface area contributed by atoms with Crippen molar-refractivity contribution in [2.75, 3.05) is 0 Å². The molecule has 96 valence electrons. The van der Waals surface area contributed by atoms with Gasteiger partial charge in [0.1, 0.15) is 16.5 Å². The first kappa shape index (κ1) is 12.9. The lowest BCUT2D eigenvalue weighted by Gasteiger charge is -2.15. The Morgan fingerprint density at radius 2 is 2.22 bits per heavy atom. The predicted molar refractivity (Wildman–Crippen MR) is 71.8 cm³/mol. The second-order valence-corrected chi connectivity index (χ2v) is 4.95. The molecule has 0 saturated heterocycles. The number of phenols is 2. The lowest BCUT2D eigenvalue weighted by Crippen LogP contribution is -2.20. The quantitative estimate of drug-likeness (QED) is 0.777. The van der Waals surface area contributed by atoms with E-state index in [2.05, 4.69) is 17.2 Å². The summed E-state index contributed by atoms with van der Waals surface area (Å²) in [7, 11) is 0. The maximum Gasteiger partial charge on any atom is 0.123 e. The molecule has 1 aromatic heterocycles. The standard InChI is InChI=1S/C13H16N2O2S/c1-2-11(13-14-5-6-18-13)15-8-9-3-4-10(16)7-12(9)17/h3-7,11,15-17H,2,8H2,1H3. The highest BCUT2D eigenvalue weighted by Gasteiger charge is 2.12. The molecule has 0 radical (unpaired) electrons. The molecule has 4 nitrogen and oxygen atoms in total. The van der Waals surface area contributed by atoms with Crippen LogP contribution < -0.4 is 5.32 Å². The minimum atomic E-state index is 0.0724. The fourth-order valence-corrected chi connectivity index (χ4v) is 2.54. The zero-order valence-electron chi connectivity index (χ0n) is 10.1. The number of nitrogens with one attached hydrogen (secondary N) is 1. The first-order valence-electron chi connectivity index (χ1n) is 5.84. The summed E-state index contributed by atoms with van der Waals surface area (Å²) in [4.78, 5) is 4.29. The van der Waals surface area contributed by atoms with Gasteiger partial charge in [-0.25, -0.2) is 4.98 Å². The van der Waals surface area contributed by atoms with E-state index in [0.29, 0.717) is 6.54 Å². The summed E-state index contributed by atoms with van der Waals surface area (Å²) in [5.41, 5.74) is 0.766. The highest BCUT2D eigenvalue weighted by atomic mass is 32.1. The van der Waals surface area contributed by atoms with Gasteiger partial charge >= 0.3 is 0 Å². The van der Waals surface area contributed by atoms with Crippen LogP contribution in [-0.2, 0) is 6.54 Å². The van der Waals surface area contributed by atoms with Crippen LogP contribution in [0.1, 0.15) is 30.0 Å². The molecular weight excluding hydrogens is 248 g/mol. The fourth-order valence-electron chi connectivity index (χ4n) is 1.75. The Bertz CT molecular complexity index is 500. The van der Waals surface area contributed by atoms with Crippen LogP contribution in [0.5, 0.6) is 11.5 Å². The van der Waals surface area contributed by atoms with Crippen LogP contribution in [0.4, 0.5) is 0 Å². The average molecular weight is 264 g/mol. The van der Waals surface area contributed by atoms with Crippen LogP contribution in [0.15, 0.2) is 29.8 Å². The largest absolute Gasteiger partial charge is 0.508 e. The van der Waals surface area contributed by atoms with Crippen molar-refractivity contribution < 1.29 is 10.2 Å². The van der Waals surface area contributed by atoms with Crippen molar-refractivity contribution in [3.05, 3.63) is 40.3 Å². The molecule has 1 heterocycles. The van der Waals surface area contributed by atoms with Gasteiger partial charge < -0.3 is 15.5 Å². The number of aromatic hydroxyl groups is 2. The molecule has 0 aliphatic carbocycles. The Morgan fingerprint density at radius 3 is 2.83 bits per heavy atom. The molecule has 1 unspecified atom stereocenters. The van der Waals surface area contributed by atoms with Gasteiger partial charge in [0.15, 0.2) is 0 Å². The third-order valence-corrected chi connectivity index (χ3v) is 3.65. The van der Waals surface area contributed by atoms with E-state index < -0.39 is 0 Å². The number of rotatable bonds is 5. The summed E-state index contributed by atoms with van der Waals surface area (Å²) in [6.45, 7) is 2.64. The number of hydrogen-bond donors (Lipinski definition) is 3. The third-order valence-electron chi connectivity index (χ3n) is 2.77. The monoisotopic (exact) mass is 264 g/mol. The van der Waals surface area contributed by atoms with Gasteiger partial charge in [0.05, 0.1) is 6.04 Å². The molecule has 0 aliphatic rings. The summed E-state index contributed by atoms with van der Waals surface area (Å²) in [6.07, 6.45) is 2.73. The zero-order chi connectivity index (χ0) is 13.0. The molecule has 0 amide bonds. The number of hydrogen-bond acceptors (Lipinski definition) is 5. The molecule has 0 aliphatic heterocycles. The van der Waals surface area contributed by atoms with Gasteiger partial charge in [-0.15, -0.1) is 11.3 Å². The fraction of sp³-hybridized carbons (Fsp3) is 0.308. The normalized spacial score (nSPS) is 12.5. The Morgan fingerprint density at radius 1 is 1.39 bits per heavy atom. The Labute approximate surface area is 110 Å². The molecule has 0 spiro atoms. The van der Waals surface area contributed by atoms with E-state index in [9.17, 15) is 10.2 Å². The Balaban J connectivity index is 2.02. The molecule has 3 N–H and O–H groups in total. The molecule has 0 bridgehead atoms. The molecule has 18 heavy (non-hydrogen) atoms. The van der Waals surface area contributed by atoms with E-state index in [0.717, 1.165) is 17.0 Å². The highest BCUT2D eigenvalue weighted by molar-refractivity contribution is 7.09. The number of aromatic nitrogens is 1. The van der Waals surface area contributed by atoms with Crippen molar-refractivity contribution >= 4 is 11.3 Å². The summed E-state index contributed by atoms with van der Waals surface area (Å²) in [5.74, 6) is 0.180. The van der Waals surface area contributed by atoms with Gasteiger partial charge in [-0.3, -0.25) is 0 Å². The highest BCUT2D eigenvalue weighted by Crippen LogP contribution is 2.24. The van der Waals surface area contributed by atoms with Crippen molar-refractivity contribution in [3.8, 4) is 11.5 Å². The van der Waals surface area contributed by atoms with Crippen LogP contribution in [0.25, 0.3) is 0 Å². The maximum atomic E-state index is 9.69. The SMILES string of the molecule is CCC(NCc1ccc(O)cc1O)c1nccs1. The van der Waals surface area contributed by atoms with E-state index in [1.165, 1.54) is 6.07 Å². The molecule has 5 heteroatoms. The molecule has 2 rings (SSSR count). The van der Waals surface area contributed by atoms with Crippen molar-refractivity contribution in [1.82, 2.24) is 10.3 Å². The van der Waals surface area contributed by atoms with Gasteiger partial charge in [-0.05, 0) is 12.5 Å². The van der Waals surface area contributed by atoms with Crippen LogP contribution in [0.3, 0.4) is 0 Å². The number of benzene rings is 1. The van der Waals surface area contributed by atoms with Crippen molar-refractivity contribution in [1.29, 1.82) is 0 Å². The Hall–Kier alpha value is -1.59. The zero-order valence-corrected chi connectivity index (χ0v) is 10.9. The van der Waals surface area contributed by atoms with Gasteiger partial charge in [0.2, 0.25) is 0 Å². The third kappa shape index (κ3) is 3.00. The van der Waals surface area contributed by atoms with Gasteiger partial charge in [0, 0.05) is 29.8 Å². The van der Waals surface area contributed by atoms with E-state index >= 15 is 0 Å². The second-order valence-electron chi connectivity index (χ2n) is 4.03. The van der Waals surface area contributed by atoms with Crippen LogP contribution >= 0.6 is 11.3 Å². The van der Waals surface area contributed by atoms with E-state index in [-0.39, 0.29) is 17.5 Å². The molecule has 0 saturated carbocycles. The number of thiazole rings is 1. The van der Waals surface area contributed by atoms with Crippen molar-refractivity contribution in [2.24, 2.45) is 0 Å². The summed E-state index contributed by atoms with van der Waals surface area (Å²) in [6, 6.07) is 4.83. The second kappa shape index (κ2) is 5.84. The van der Waals surface area contributed by atoms with Crippen LogP contribution in [-0.4, -0.2) is 15.2 Å². The van der Waals surface area contributed by atoms with Gasteiger partial charge in [-0.1, -0.05) is 13.0 Å². The van der Waals surface area contributed by atoms with Gasteiger partial charge in [0.25, 0.3) is 0 Å². The van der Waals surface area contributed by atoms with Crippen LogP contribution in [0.2, 0.25) is 0 Å². The minimum absolute atomic E-state index is 0.0724. The average Bonchev–Trinajstić information content (AvgIpc) is 2.86.